The van der Waals surface area contributed by atoms with Crippen molar-refractivity contribution in [2.24, 2.45) is 0 Å². The summed E-state index contributed by atoms with van der Waals surface area (Å²) in [7, 11) is 1.41. The number of nitrogens with zero attached hydrogens (tertiary/aromatic N) is 1. The largest absolute Gasteiger partial charge is 0.480 e. The van der Waals surface area contributed by atoms with Gasteiger partial charge in [-0.1, -0.05) is 18.2 Å². The molecule has 1 N–H and O–H groups in total. The third kappa shape index (κ3) is 2.71. The second kappa shape index (κ2) is 5.75. The molecule has 0 atom stereocenters. The number of hydrogen-bond donors (Lipinski definition) is 1. The summed E-state index contributed by atoms with van der Waals surface area (Å²) < 4.78 is 4.96. The van der Waals surface area contributed by atoms with Gasteiger partial charge in [0.1, 0.15) is 5.56 Å². The number of benzene rings is 1. The minimum atomic E-state index is -1.05. The topological polar surface area (TPSA) is 59.4 Å². The van der Waals surface area contributed by atoms with Crippen LogP contribution in [0.4, 0.5) is 0 Å². The molecule has 0 aliphatic rings. The highest BCUT2D eigenvalue weighted by Gasteiger charge is 2.15. The van der Waals surface area contributed by atoms with E-state index in [0.29, 0.717) is 0 Å². The Labute approximate surface area is 115 Å². The first kappa shape index (κ1) is 13.4. The van der Waals surface area contributed by atoms with Gasteiger partial charge >= 0.3 is 5.97 Å². The molecule has 2 aromatic rings. The minimum Gasteiger partial charge on any atom is -0.480 e. The van der Waals surface area contributed by atoms with Crippen LogP contribution >= 0.6 is 11.8 Å². The number of thioether (sulfide) groups is 1. The van der Waals surface area contributed by atoms with Gasteiger partial charge in [0.05, 0.1) is 7.11 Å². The van der Waals surface area contributed by atoms with E-state index < -0.39 is 5.97 Å². The Hall–Kier alpha value is -2.01. The van der Waals surface area contributed by atoms with E-state index in [1.807, 2.05) is 30.5 Å². The van der Waals surface area contributed by atoms with Gasteiger partial charge in [-0.15, -0.1) is 11.8 Å². The number of pyridine rings is 1. The fraction of sp³-hybridized carbons (Fsp3) is 0.143. The minimum absolute atomic E-state index is 0.0657. The second-order valence-corrected chi connectivity index (χ2v) is 4.63. The zero-order chi connectivity index (χ0) is 13.8. The summed E-state index contributed by atoms with van der Waals surface area (Å²) in [4.78, 5) is 16.3. The monoisotopic (exact) mass is 275 g/mol. The lowest BCUT2D eigenvalue weighted by Crippen LogP contribution is -2.02. The maximum Gasteiger partial charge on any atom is 0.341 e. The number of methoxy groups -OCH3 is 1. The van der Waals surface area contributed by atoms with Crippen molar-refractivity contribution in [1.29, 1.82) is 0 Å². The molecule has 0 unspecified atom stereocenters. The highest BCUT2D eigenvalue weighted by molar-refractivity contribution is 7.98. The number of carboxylic acids is 1. The highest BCUT2D eigenvalue weighted by atomic mass is 32.2. The summed E-state index contributed by atoms with van der Waals surface area (Å²) in [6.07, 6.45) is 3.61. The smallest absolute Gasteiger partial charge is 0.341 e. The Morgan fingerprint density at radius 1 is 1.37 bits per heavy atom. The molecule has 1 aromatic carbocycles. The fourth-order valence-corrected chi connectivity index (χ4v) is 2.42. The van der Waals surface area contributed by atoms with Crippen LogP contribution in [0.3, 0.4) is 0 Å². The molecule has 1 aromatic heterocycles. The Bertz CT molecular complexity index is 613. The first-order valence-electron chi connectivity index (χ1n) is 5.58. The zero-order valence-electron chi connectivity index (χ0n) is 10.6. The molecule has 2 rings (SSSR count). The van der Waals surface area contributed by atoms with Crippen LogP contribution in [0.5, 0.6) is 5.88 Å². The lowest BCUT2D eigenvalue weighted by Gasteiger charge is -2.09. The van der Waals surface area contributed by atoms with E-state index in [4.69, 9.17) is 9.84 Å². The number of rotatable bonds is 4. The van der Waals surface area contributed by atoms with Gasteiger partial charge in [-0.05, 0) is 24.0 Å². The summed E-state index contributed by atoms with van der Waals surface area (Å²) in [6.45, 7) is 0. The SMILES string of the molecule is COc1ncc(-c2ccccc2SC)cc1C(=O)O. The van der Waals surface area contributed by atoms with E-state index in [1.165, 1.54) is 7.11 Å². The normalized spacial score (nSPS) is 10.2. The van der Waals surface area contributed by atoms with Crippen LogP contribution in [0.15, 0.2) is 41.4 Å². The van der Waals surface area contributed by atoms with E-state index in [1.54, 1.807) is 24.0 Å². The standard InChI is InChI=1S/C14H13NO3S/c1-18-13-11(14(16)17)7-9(8-15-13)10-5-3-4-6-12(10)19-2/h3-8H,1-2H3,(H,16,17). The molecule has 19 heavy (non-hydrogen) atoms. The summed E-state index contributed by atoms with van der Waals surface area (Å²) >= 11 is 1.61. The van der Waals surface area contributed by atoms with E-state index in [2.05, 4.69) is 4.98 Å². The maximum atomic E-state index is 11.2. The van der Waals surface area contributed by atoms with E-state index in [9.17, 15) is 4.79 Å². The van der Waals surface area contributed by atoms with E-state index >= 15 is 0 Å². The fourth-order valence-electron chi connectivity index (χ4n) is 1.80. The Morgan fingerprint density at radius 2 is 2.11 bits per heavy atom. The van der Waals surface area contributed by atoms with Crippen LogP contribution in [-0.2, 0) is 0 Å². The number of ether oxygens (including phenoxy) is 1. The van der Waals surface area contributed by atoms with Gasteiger partial charge in [-0.2, -0.15) is 0 Å². The summed E-state index contributed by atoms with van der Waals surface area (Å²) in [5.74, 6) is -0.925. The first-order chi connectivity index (χ1) is 9.17. The van der Waals surface area contributed by atoms with Crippen molar-refractivity contribution in [2.45, 2.75) is 4.90 Å². The molecule has 0 fully saturated rings. The third-order valence-corrected chi connectivity index (χ3v) is 3.49. The predicted octanol–water partition coefficient (Wildman–Crippen LogP) is 3.18. The van der Waals surface area contributed by atoms with E-state index in [0.717, 1.165) is 16.0 Å². The van der Waals surface area contributed by atoms with Crippen molar-refractivity contribution in [3.05, 3.63) is 42.1 Å². The van der Waals surface area contributed by atoms with Crippen molar-refractivity contribution in [1.82, 2.24) is 4.98 Å². The Balaban J connectivity index is 2.57. The molecule has 0 saturated carbocycles. The van der Waals surface area contributed by atoms with E-state index in [-0.39, 0.29) is 11.4 Å². The number of hydrogen-bond acceptors (Lipinski definition) is 4. The van der Waals surface area contributed by atoms with Crippen LogP contribution in [0.25, 0.3) is 11.1 Å². The molecule has 98 valence electrons. The van der Waals surface area contributed by atoms with Gasteiger partial charge in [0.25, 0.3) is 0 Å². The predicted molar refractivity (Wildman–Crippen MR) is 75.0 cm³/mol. The summed E-state index contributed by atoms with van der Waals surface area (Å²) in [6, 6.07) is 9.39. The van der Waals surface area contributed by atoms with Crippen LogP contribution in [0, 0.1) is 0 Å². The van der Waals surface area contributed by atoms with Gasteiger partial charge in [-0.25, -0.2) is 9.78 Å². The second-order valence-electron chi connectivity index (χ2n) is 3.79. The Morgan fingerprint density at radius 3 is 2.74 bits per heavy atom. The van der Waals surface area contributed by atoms with Crippen molar-refractivity contribution in [3.8, 4) is 17.0 Å². The van der Waals surface area contributed by atoms with Crippen molar-refractivity contribution in [3.63, 3.8) is 0 Å². The first-order valence-corrected chi connectivity index (χ1v) is 6.80. The molecule has 0 bridgehead atoms. The molecule has 0 radical (unpaired) electrons. The van der Waals surface area contributed by atoms with Crippen molar-refractivity contribution in [2.75, 3.05) is 13.4 Å². The van der Waals surface area contributed by atoms with Gasteiger partial charge in [0.15, 0.2) is 0 Å². The third-order valence-electron chi connectivity index (χ3n) is 2.69. The van der Waals surface area contributed by atoms with Gasteiger partial charge < -0.3 is 9.84 Å². The lowest BCUT2D eigenvalue weighted by molar-refractivity contribution is 0.0692. The number of aromatic nitrogens is 1. The molecule has 0 saturated heterocycles. The van der Waals surface area contributed by atoms with Crippen molar-refractivity contribution >= 4 is 17.7 Å². The van der Waals surface area contributed by atoms with Crippen LogP contribution in [-0.4, -0.2) is 29.4 Å². The quantitative estimate of drug-likeness (QED) is 0.868. The van der Waals surface area contributed by atoms with Gasteiger partial charge in [-0.3, -0.25) is 0 Å². The average Bonchev–Trinajstić information content (AvgIpc) is 2.46. The molecule has 0 aliphatic carbocycles. The highest BCUT2D eigenvalue weighted by Crippen LogP contribution is 2.31. The van der Waals surface area contributed by atoms with Crippen molar-refractivity contribution < 1.29 is 14.6 Å². The maximum absolute atomic E-state index is 11.2. The van der Waals surface area contributed by atoms with Gasteiger partial charge in [0, 0.05) is 16.7 Å². The molecular weight excluding hydrogens is 262 g/mol. The molecule has 0 aliphatic heterocycles. The van der Waals surface area contributed by atoms with Crippen LogP contribution < -0.4 is 4.74 Å². The molecule has 1 heterocycles. The number of aromatic carboxylic acids is 1. The molecule has 0 spiro atoms. The van der Waals surface area contributed by atoms with Crippen LogP contribution in [0.1, 0.15) is 10.4 Å². The average molecular weight is 275 g/mol. The van der Waals surface area contributed by atoms with Gasteiger partial charge in [0.2, 0.25) is 5.88 Å². The Kier molecular flexibility index (Phi) is 4.06. The lowest BCUT2D eigenvalue weighted by atomic mass is 10.1. The zero-order valence-corrected chi connectivity index (χ0v) is 11.4. The molecular formula is C14H13NO3S. The van der Waals surface area contributed by atoms with Crippen LogP contribution in [0.2, 0.25) is 0 Å². The molecule has 5 heteroatoms. The summed E-state index contributed by atoms with van der Waals surface area (Å²) in [5, 5.41) is 9.17. The number of carboxylic acid groups (broad SMARTS) is 1. The summed E-state index contributed by atoms with van der Waals surface area (Å²) in [5.41, 5.74) is 1.80. The molecule has 4 nitrogen and oxygen atoms in total. The number of carbonyl (C=O) groups is 1. The molecule has 0 amide bonds.